The Balaban J connectivity index is 1.20. The van der Waals surface area contributed by atoms with Crippen molar-refractivity contribution in [3.8, 4) is 11.3 Å². The van der Waals surface area contributed by atoms with Gasteiger partial charge >= 0.3 is 6.03 Å². The van der Waals surface area contributed by atoms with Crippen LogP contribution in [0.3, 0.4) is 0 Å². The minimum absolute atomic E-state index is 0.0842. The summed E-state index contributed by atoms with van der Waals surface area (Å²) in [7, 11) is -3.29. The second-order valence-corrected chi connectivity index (χ2v) is 12.3. The maximum Gasteiger partial charge on any atom is 0.320 e. The molecule has 0 radical (unpaired) electrons. The van der Waals surface area contributed by atoms with Gasteiger partial charge in [-0.2, -0.15) is 0 Å². The van der Waals surface area contributed by atoms with E-state index < -0.39 is 10.0 Å². The van der Waals surface area contributed by atoms with Crippen LogP contribution in [-0.4, -0.2) is 78.9 Å². The molecule has 1 saturated carbocycles. The smallest absolute Gasteiger partial charge is 0.320 e. The van der Waals surface area contributed by atoms with E-state index in [1.807, 2.05) is 21.9 Å². The highest BCUT2D eigenvalue weighted by molar-refractivity contribution is 7.93. The van der Waals surface area contributed by atoms with Crippen LogP contribution in [0.15, 0.2) is 42.7 Å². The molecular formula is C25H27N5O4S2. The number of benzene rings is 1. The van der Waals surface area contributed by atoms with Gasteiger partial charge in [-0.3, -0.25) is 4.72 Å². The summed E-state index contributed by atoms with van der Waals surface area (Å²) in [5.74, 6) is 0. The van der Waals surface area contributed by atoms with Gasteiger partial charge in [-0.1, -0.05) is 18.2 Å². The Morgan fingerprint density at radius 3 is 2.53 bits per heavy atom. The van der Waals surface area contributed by atoms with Crippen molar-refractivity contribution in [1.29, 1.82) is 0 Å². The lowest BCUT2D eigenvalue weighted by atomic mass is 10.1. The summed E-state index contributed by atoms with van der Waals surface area (Å²) < 4.78 is 33.5. The predicted molar refractivity (Wildman–Crippen MR) is 140 cm³/mol. The van der Waals surface area contributed by atoms with E-state index in [-0.39, 0.29) is 11.3 Å². The molecule has 11 heteroatoms. The van der Waals surface area contributed by atoms with E-state index >= 15 is 0 Å². The van der Waals surface area contributed by atoms with Gasteiger partial charge in [0.2, 0.25) is 10.0 Å². The highest BCUT2D eigenvalue weighted by atomic mass is 32.2. The first-order chi connectivity index (χ1) is 17.5. The Bertz CT molecular complexity index is 1420. The first kappa shape index (κ1) is 23.4. The first-order valence-corrected chi connectivity index (χ1v) is 14.5. The molecule has 1 N–H and O–H groups in total. The van der Waals surface area contributed by atoms with Gasteiger partial charge in [-0.15, -0.1) is 11.3 Å². The Hall–Kier alpha value is -3.02. The summed E-state index contributed by atoms with van der Waals surface area (Å²) >= 11 is 1.65. The number of carbonyl (C=O) groups excluding carboxylic acids is 1. The molecule has 1 aromatic carbocycles. The van der Waals surface area contributed by atoms with Crippen LogP contribution >= 0.6 is 11.3 Å². The number of morpholine rings is 1. The number of anilines is 1. The number of hydrogen-bond donors (Lipinski definition) is 1. The van der Waals surface area contributed by atoms with Crippen molar-refractivity contribution in [2.75, 3.05) is 44.1 Å². The van der Waals surface area contributed by atoms with Crippen molar-refractivity contribution in [1.82, 2.24) is 19.8 Å². The lowest BCUT2D eigenvalue weighted by Crippen LogP contribution is -2.49. The summed E-state index contributed by atoms with van der Waals surface area (Å²) in [6.45, 7) is 3.78. The summed E-state index contributed by atoms with van der Waals surface area (Å²) in [6.07, 6.45) is 5.95. The first-order valence-electron chi connectivity index (χ1n) is 12.2. The average Bonchev–Trinajstić information content (AvgIpc) is 3.69. The van der Waals surface area contributed by atoms with E-state index in [1.54, 1.807) is 29.8 Å². The molecule has 0 atom stereocenters. The molecular weight excluding hydrogens is 498 g/mol. The van der Waals surface area contributed by atoms with E-state index in [9.17, 15) is 13.2 Å². The molecule has 0 bridgehead atoms. The van der Waals surface area contributed by atoms with Crippen LogP contribution in [0.4, 0.5) is 10.5 Å². The molecule has 2 aliphatic heterocycles. The minimum atomic E-state index is -3.29. The van der Waals surface area contributed by atoms with Crippen molar-refractivity contribution in [2.45, 2.75) is 24.5 Å². The molecule has 2 aromatic heterocycles. The fraction of sp³-hybridized carbons (Fsp3) is 0.400. The van der Waals surface area contributed by atoms with Gasteiger partial charge in [-0.25, -0.2) is 23.2 Å². The molecule has 0 unspecified atom stereocenters. The van der Waals surface area contributed by atoms with Crippen molar-refractivity contribution < 1.29 is 17.9 Å². The van der Waals surface area contributed by atoms with Gasteiger partial charge in [0.15, 0.2) is 0 Å². The van der Waals surface area contributed by atoms with Gasteiger partial charge < -0.3 is 14.5 Å². The molecule has 36 heavy (non-hydrogen) atoms. The number of carbonyl (C=O) groups is 1. The normalized spacial score (nSPS) is 18.8. The fourth-order valence-corrected chi connectivity index (χ4v) is 7.14. The second kappa shape index (κ2) is 9.45. The molecule has 2 amide bonds. The highest BCUT2D eigenvalue weighted by Crippen LogP contribution is 2.37. The fourth-order valence-electron chi connectivity index (χ4n) is 4.56. The van der Waals surface area contributed by atoms with E-state index in [0.29, 0.717) is 45.1 Å². The van der Waals surface area contributed by atoms with Gasteiger partial charge in [0, 0.05) is 42.3 Å². The number of sulfonamides is 1. The summed E-state index contributed by atoms with van der Waals surface area (Å²) in [5, 5.41) is -0.262. The number of aromatic nitrogens is 2. The zero-order chi connectivity index (χ0) is 24.7. The topological polar surface area (TPSA) is 105 Å². The molecule has 1 saturated heterocycles. The lowest BCUT2D eigenvalue weighted by molar-refractivity contribution is 0.0441. The van der Waals surface area contributed by atoms with Crippen LogP contribution in [-0.2, 0) is 14.8 Å². The number of urea groups is 1. The lowest BCUT2D eigenvalue weighted by Gasteiger charge is -2.34. The number of nitrogens with one attached hydrogen (secondary N) is 1. The number of thiophene rings is 1. The van der Waals surface area contributed by atoms with Crippen molar-refractivity contribution in [2.24, 2.45) is 0 Å². The number of nitrogens with zero attached hydrogens (tertiary/aromatic N) is 4. The van der Waals surface area contributed by atoms with Gasteiger partial charge in [0.05, 0.1) is 34.4 Å². The highest BCUT2D eigenvalue weighted by Gasteiger charge is 2.35. The molecule has 1 aliphatic carbocycles. The Morgan fingerprint density at radius 2 is 1.83 bits per heavy atom. The number of rotatable bonds is 5. The quantitative estimate of drug-likeness (QED) is 0.543. The molecule has 0 spiro atoms. The Kier molecular flexibility index (Phi) is 6.14. The SMILES string of the molecule is O=C(N1CC=C(c2cc3ncnc(-c4ccc(NS(=O)(=O)C5CC5)cc4)c3s2)CC1)N1CCOCC1. The van der Waals surface area contributed by atoms with Gasteiger partial charge in [0.25, 0.3) is 0 Å². The number of hydrogen-bond acceptors (Lipinski definition) is 7. The predicted octanol–water partition coefficient (Wildman–Crippen LogP) is 3.80. The average molecular weight is 526 g/mol. The Morgan fingerprint density at radius 1 is 1.06 bits per heavy atom. The summed E-state index contributed by atoms with van der Waals surface area (Å²) in [6, 6.07) is 9.51. The van der Waals surface area contributed by atoms with Crippen molar-refractivity contribution >= 4 is 48.9 Å². The molecule has 188 valence electrons. The number of fused-ring (bicyclic) bond motifs is 1. The van der Waals surface area contributed by atoms with E-state index in [4.69, 9.17) is 4.74 Å². The van der Waals surface area contributed by atoms with Crippen molar-refractivity contribution in [3.05, 3.63) is 47.6 Å². The standard InChI is InChI=1S/C25H27N5O4S2/c31-25(30-11-13-34-14-12-30)29-9-7-17(8-10-29)22-15-21-24(35-22)23(27-16-26-21)18-1-3-19(4-2-18)28-36(32,33)20-5-6-20/h1-4,7,15-16,20,28H,5-6,8-14H2. The number of amides is 2. The third kappa shape index (κ3) is 4.70. The molecule has 6 rings (SSSR count). The monoisotopic (exact) mass is 525 g/mol. The Labute approximate surface area is 213 Å². The largest absolute Gasteiger partial charge is 0.378 e. The number of ether oxygens (including phenoxy) is 1. The van der Waals surface area contributed by atoms with Crippen LogP contribution < -0.4 is 4.72 Å². The maximum atomic E-state index is 12.8. The second-order valence-electron chi connectivity index (χ2n) is 9.28. The summed E-state index contributed by atoms with van der Waals surface area (Å²) in [4.78, 5) is 26.7. The minimum Gasteiger partial charge on any atom is -0.378 e. The van der Waals surface area contributed by atoms with Gasteiger partial charge in [0.1, 0.15) is 6.33 Å². The third-order valence-electron chi connectivity index (χ3n) is 6.77. The van der Waals surface area contributed by atoms with Crippen LogP contribution in [0.5, 0.6) is 0 Å². The van der Waals surface area contributed by atoms with Crippen LogP contribution in [0, 0.1) is 0 Å². The molecule has 9 nitrogen and oxygen atoms in total. The molecule has 3 aromatic rings. The summed E-state index contributed by atoms with van der Waals surface area (Å²) in [5.41, 5.74) is 4.40. The molecule has 2 fully saturated rings. The zero-order valence-corrected chi connectivity index (χ0v) is 21.4. The van der Waals surface area contributed by atoms with Gasteiger partial charge in [-0.05, 0) is 43.0 Å². The van der Waals surface area contributed by atoms with Crippen LogP contribution in [0.2, 0.25) is 0 Å². The van der Waals surface area contributed by atoms with E-state index in [2.05, 4.69) is 26.8 Å². The molecule has 4 heterocycles. The zero-order valence-electron chi connectivity index (χ0n) is 19.7. The molecule has 3 aliphatic rings. The van der Waals surface area contributed by atoms with E-state index in [1.165, 1.54) is 5.57 Å². The van der Waals surface area contributed by atoms with Crippen molar-refractivity contribution in [3.63, 3.8) is 0 Å². The third-order valence-corrected chi connectivity index (χ3v) is 9.85. The van der Waals surface area contributed by atoms with Crippen LogP contribution in [0.1, 0.15) is 24.1 Å². The van der Waals surface area contributed by atoms with Crippen LogP contribution in [0.25, 0.3) is 27.0 Å². The maximum absolute atomic E-state index is 12.8. The van der Waals surface area contributed by atoms with E-state index in [0.717, 1.165) is 45.6 Å².